The molecule has 1 N–H and O–H groups in total. The predicted octanol–water partition coefficient (Wildman–Crippen LogP) is 5.73. The van der Waals surface area contributed by atoms with E-state index in [9.17, 15) is 18.0 Å². The predicted molar refractivity (Wildman–Crippen MR) is 165 cm³/mol. The first-order valence-corrected chi connectivity index (χ1v) is 16.0. The maximum atomic E-state index is 14.1. The second-order valence-corrected chi connectivity index (χ2v) is 13.1. The Labute approximate surface area is 250 Å². The Morgan fingerprint density at radius 2 is 1.65 bits per heavy atom. The molecule has 0 aromatic heterocycles. The van der Waals surface area contributed by atoms with Crippen LogP contribution in [0.5, 0.6) is 0 Å². The minimum absolute atomic E-state index is 0.0994. The summed E-state index contributed by atoms with van der Waals surface area (Å²) in [6, 6.07) is 20.8. The molecule has 0 spiro atoms. The minimum atomic E-state index is -3.86. The smallest absolute Gasteiger partial charge is 0.244 e. The Bertz CT molecular complexity index is 1420. The lowest BCUT2D eigenvalue weighted by Crippen LogP contribution is -2.54. The van der Waals surface area contributed by atoms with Gasteiger partial charge in [-0.3, -0.25) is 13.9 Å². The van der Waals surface area contributed by atoms with Crippen LogP contribution in [0.15, 0.2) is 77.3 Å². The van der Waals surface area contributed by atoms with Gasteiger partial charge in [0.2, 0.25) is 21.8 Å². The van der Waals surface area contributed by atoms with Crippen molar-refractivity contribution in [2.24, 2.45) is 0 Å². The van der Waals surface area contributed by atoms with Crippen LogP contribution in [0.25, 0.3) is 0 Å². The van der Waals surface area contributed by atoms with E-state index in [1.165, 1.54) is 11.0 Å². The van der Waals surface area contributed by atoms with E-state index in [1.54, 1.807) is 12.1 Å². The first kappa shape index (κ1) is 31.6. The van der Waals surface area contributed by atoms with E-state index in [2.05, 4.69) is 21.2 Å². The van der Waals surface area contributed by atoms with E-state index in [4.69, 9.17) is 11.6 Å². The van der Waals surface area contributed by atoms with Crippen molar-refractivity contribution in [2.45, 2.75) is 52.2 Å². The highest BCUT2D eigenvalue weighted by Gasteiger charge is 2.33. The Morgan fingerprint density at radius 1 is 1.00 bits per heavy atom. The highest BCUT2D eigenvalue weighted by molar-refractivity contribution is 9.10. The average molecular weight is 649 g/mol. The first-order chi connectivity index (χ1) is 18.9. The summed E-state index contributed by atoms with van der Waals surface area (Å²) in [5.41, 5.74) is 2.74. The lowest BCUT2D eigenvalue weighted by molar-refractivity contribution is -0.140. The minimum Gasteiger partial charge on any atom is -0.352 e. The topological polar surface area (TPSA) is 86.8 Å². The Balaban J connectivity index is 2.06. The molecule has 0 aliphatic carbocycles. The number of hydrogen-bond donors (Lipinski definition) is 1. The fourth-order valence-corrected chi connectivity index (χ4v) is 5.41. The highest BCUT2D eigenvalue weighted by atomic mass is 79.9. The molecule has 3 aromatic rings. The number of sulfonamides is 1. The van der Waals surface area contributed by atoms with E-state index in [1.807, 2.05) is 75.4 Å². The maximum Gasteiger partial charge on any atom is 0.244 e. The zero-order chi connectivity index (χ0) is 29.4. The van der Waals surface area contributed by atoms with Crippen LogP contribution < -0.4 is 9.62 Å². The van der Waals surface area contributed by atoms with Crippen molar-refractivity contribution in [3.8, 4) is 0 Å². The lowest BCUT2D eigenvalue weighted by Gasteiger charge is -2.34. The van der Waals surface area contributed by atoms with Crippen LogP contribution in [0.1, 0.15) is 37.0 Å². The fourth-order valence-electron chi connectivity index (χ4n) is 4.13. The molecule has 0 aliphatic rings. The van der Waals surface area contributed by atoms with Crippen LogP contribution in [0.2, 0.25) is 5.02 Å². The number of aryl methyl sites for hydroxylation is 1. The van der Waals surface area contributed by atoms with Crippen molar-refractivity contribution in [1.82, 2.24) is 10.2 Å². The number of carbonyl (C=O) groups excluding carboxylic acids is 2. The van der Waals surface area contributed by atoms with Gasteiger partial charge in [0.1, 0.15) is 12.6 Å². The molecule has 0 heterocycles. The number of rotatable bonds is 12. The lowest BCUT2D eigenvalue weighted by atomic mass is 10.0. The Hall–Kier alpha value is -2.88. The van der Waals surface area contributed by atoms with Crippen molar-refractivity contribution >= 4 is 55.1 Å². The third-order valence-electron chi connectivity index (χ3n) is 6.66. The SMILES string of the molecule is CCC(C)NC(=O)C(Cc1ccccc1)N(Cc1ccc(Br)cc1)C(=O)CN(c1ccc(C)c(Cl)c1)S(C)(=O)=O. The highest BCUT2D eigenvalue weighted by Crippen LogP contribution is 2.26. The number of carbonyl (C=O) groups is 2. The molecule has 10 heteroatoms. The summed E-state index contributed by atoms with van der Waals surface area (Å²) in [6.07, 6.45) is 2.03. The van der Waals surface area contributed by atoms with Gasteiger partial charge in [-0.2, -0.15) is 0 Å². The van der Waals surface area contributed by atoms with Gasteiger partial charge >= 0.3 is 0 Å². The third-order valence-corrected chi connectivity index (χ3v) is 8.74. The summed E-state index contributed by atoms with van der Waals surface area (Å²) in [5.74, 6) is -0.807. The quantitative estimate of drug-likeness (QED) is 0.272. The summed E-state index contributed by atoms with van der Waals surface area (Å²) in [6.45, 7) is 5.32. The van der Waals surface area contributed by atoms with Gasteiger partial charge in [-0.05, 0) is 61.2 Å². The first-order valence-electron chi connectivity index (χ1n) is 13.0. The molecular formula is C30H35BrClN3O4S. The molecule has 2 unspecified atom stereocenters. The number of amides is 2. The van der Waals surface area contributed by atoms with E-state index >= 15 is 0 Å². The summed E-state index contributed by atoms with van der Waals surface area (Å²) in [4.78, 5) is 29.2. The molecule has 0 bridgehead atoms. The molecular weight excluding hydrogens is 614 g/mol. The molecule has 3 rings (SSSR count). The van der Waals surface area contributed by atoms with Gasteiger partial charge in [0, 0.05) is 28.5 Å². The van der Waals surface area contributed by atoms with Crippen LogP contribution in [0, 0.1) is 6.92 Å². The normalized spacial score (nSPS) is 12.8. The van der Waals surface area contributed by atoms with E-state index in [0.717, 1.165) is 38.1 Å². The van der Waals surface area contributed by atoms with Gasteiger partial charge < -0.3 is 10.2 Å². The Kier molecular flexibility index (Phi) is 11.2. The number of benzene rings is 3. The van der Waals surface area contributed by atoms with Crippen molar-refractivity contribution in [1.29, 1.82) is 0 Å². The monoisotopic (exact) mass is 647 g/mol. The van der Waals surface area contributed by atoms with Gasteiger partial charge in [-0.15, -0.1) is 0 Å². The van der Waals surface area contributed by atoms with Crippen LogP contribution >= 0.6 is 27.5 Å². The summed E-state index contributed by atoms with van der Waals surface area (Å²) in [7, 11) is -3.86. The molecule has 2 amide bonds. The molecule has 3 aromatic carbocycles. The average Bonchev–Trinajstić information content (AvgIpc) is 2.91. The van der Waals surface area contributed by atoms with Crippen LogP contribution in [0.3, 0.4) is 0 Å². The van der Waals surface area contributed by atoms with Crippen LogP contribution in [-0.4, -0.2) is 50.0 Å². The maximum absolute atomic E-state index is 14.1. The molecule has 2 atom stereocenters. The van der Waals surface area contributed by atoms with Gasteiger partial charge in [-0.1, -0.05) is 83.0 Å². The molecule has 40 heavy (non-hydrogen) atoms. The zero-order valence-corrected chi connectivity index (χ0v) is 26.3. The number of hydrogen-bond acceptors (Lipinski definition) is 4. The van der Waals surface area contributed by atoms with Crippen molar-refractivity contribution in [3.05, 3.63) is 99.0 Å². The van der Waals surface area contributed by atoms with E-state index in [0.29, 0.717) is 5.02 Å². The molecule has 7 nitrogen and oxygen atoms in total. The number of nitrogens with zero attached hydrogens (tertiary/aromatic N) is 2. The van der Waals surface area contributed by atoms with Gasteiger partial charge in [-0.25, -0.2) is 8.42 Å². The fraction of sp³-hybridized carbons (Fsp3) is 0.333. The van der Waals surface area contributed by atoms with Crippen molar-refractivity contribution in [2.75, 3.05) is 17.1 Å². The van der Waals surface area contributed by atoms with E-state index in [-0.39, 0.29) is 30.6 Å². The summed E-state index contributed by atoms with van der Waals surface area (Å²) >= 11 is 9.73. The Morgan fingerprint density at radius 3 is 2.23 bits per heavy atom. The standard InChI is InChI=1S/C30H35BrClN3O4S/c1-5-22(3)33-30(37)28(17-23-9-7-6-8-10-23)34(19-24-12-14-25(31)15-13-24)29(36)20-35(40(4,38)39)26-16-11-21(2)27(32)18-26/h6-16,18,22,28H,5,17,19-20H2,1-4H3,(H,33,37). The summed E-state index contributed by atoms with van der Waals surface area (Å²) < 4.78 is 27.7. The van der Waals surface area contributed by atoms with E-state index < -0.39 is 28.5 Å². The zero-order valence-electron chi connectivity index (χ0n) is 23.1. The number of halogens is 2. The molecule has 0 saturated heterocycles. The molecule has 214 valence electrons. The van der Waals surface area contributed by atoms with Crippen LogP contribution in [0.4, 0.5) is 5.69 Å². The van der Waals surface area contributed by atoms with Gasteiger partial charge in [0.15, 0.2) is 0 Å². The van der Waals surface area contributed by atoms with Crippen LogP contribution in [-0.2, 0) is 32.6 Å². The van der Waals surface area contributed by atoms with Crippen molar-refractivity contribution < 1.29 is 18.0 Å². The second kappa shape index (κ2) is 14.1. The number of nitrogens with one attached hydrogen (secondary N) is 1. The largest absolute Gasteiger partial charge is 0.352 e. The summed E-state index contributed by atoms with van der Waals surface area (Å²) in [5, 5.41) is 3.41. The molecule has 0 fully saturated rings. The molecule has 0 radical (unpaired) electrons. The van der Waals surface area contributed by atoms with Gasteiger partial charge in [0.05, 0.1) is 11.9 Å². The number of anilines is 1. The van der Waals surface area contributed by atoms with Crippen molar-refractivity contribution in [3.63, 3.8) is 0 Å². The van der Waals surface area contributed by atoms with Gasteiger partial charge in [0.25, 0.3) is 0 Å². The third kappa shape index (κ3) is 8.81. The molecule has 0 aliphatic heterocycles. The molecule has 0 saturated carbocycles. The second-order valence-electron chi connectivity index (χ2n) is 9.87.